The number of nitrogens with zero attached hydrogens (tertiary/aromatic N) is 3. The van der Waals surface area contributed by atoms with Crippen molar-refractivity contribution in [2.75, 3.05) is 0 Å². The van der Waals surface area contributed by atoms with Gasteiger partial charge in [-0.25, -0.2) is 0 Å². The minimum absolute atomic E-state index is 0.933. The summed E-state index contributed by atoms with van der Waals surface area (Å²) in [6.07, 6.45) is 8.86. The van der Waals surface area contributed by atoms with Crippen LogP contribution < -0.4 is 0 Å². The fourth-order valence-corrected chi connectivity index (χ4v) is 4.89. The molecule has 0 amide bonds. The van der Waals surface area contributed by atoms with Crippen LogP contribution in [0.15, 0.2) is 65.3 Å². The number of H-pyrrole nitrogens is 1. The standard InChI is InChI=1S/C24H24N4O.Pt/c1-18-16-19(26-25-18)8-3-2-6-13-27-14-15-28(17-27)22-11-7-10-21-20-9-4-5-12-23(20)29-24(21)22;/h4-5,7,9-12,14-16H,2-3,6,8,13H2,1H3,(H,25,26);. The van der Waals surface area contributed by atoms with Gasteiger partial charge < -0.3 is 0 Å². The summed E-state index contributed by atoms with van der Waals surface area (Å²) >= 11 is 2.41. The first kappa shape index (κ1) is 19.3. The molecule has 6 heteroatoms. The third kappa shape index (κ3) is 3.63. The molecule has 0 saturated heterocycles. The summed E-state index contributed by atoms with van der Waals surface area (Å²) in [5.74, 6) is 0. The number of imidazole rings is 1. The van der Waals surface area contributed by atoms with Crippen molar-refractivity contribution in [1.29, 1.82) is 0 Å². The summed E-state index contributed by atoms with van der Waals surface area (Å²) < 4.78 is 11.9. The molecule has 3 heterocycles. The molecule has 0 aliphatic heterocycles. The van der Waals surface area contributed by atoms with Crippen LogP contribution in [-0.2, 0) is 32.3 Å². The number of aromatic amines is 1. The van der Waals surface area contributed by atoms with Crippen LogP contribution >= 0.6 is 0 Å². The molecule has 3 aromatic heterocycles. The van der Waals surface area contributed by atoms with Crippen molar-refractivity contribution >= 4 is 21.9 Å². The zero-order valence-electron chi connectivity index (χ0n) is 16.9. The van der Waals surface area contributed by atoms with Gasteiger partial charge in [-0.2, -0.15) is 0 Å². The van der Waals surface area contributed by atoms with Gasteiger partial charge in [0.15, 0.2) is 0 Å². The molecule has 5 rings (SSSR count). The number of hydrogen-bond acceptors (Lipinski definition) is 2. The first-order chi connectivity index (χ1) is 14.7. The van der Waals surface area contributed by atoms with Crippen LogP contribution in [0.25, 0.3) is 27.6 Å². The third-order valence-electron chi connectivity index (χ3n) is 5.53. The molecule has 0 bridgehead atoms. The number of nitrogens with one attached hydrogen (secondary N) is 1. The van der Waals surface area contributed by atoms with Gasteiger partial charge in [0.2, 0.25) is 0 Å². The van der Waals surface area contributed by atoms with Crippen molar-refractivity contribution in [1.82, 2.24) is 19.3 Å². The van der Waals surface area contributed by atoms with E-state index in [1.165, 1.54) is 22.3 Å². The molecule has 0 fully saturated rings. The number of fused-ring (bicyclic) bond motifs is 3. The first-order valence-electron chi connectivity index (χ1n) is 10.4. The van der Waals surface area contributed by atoms with E-state index in [1.807, 2.05) is 19.1 Å². The number of benzene rings is 2. The molecule has 156 valence electrons. The van der Waals surface area contributed by atoms with Gasteiger partial charge in [0.25, 0.3) is 0 Å². The zero-order valence-corrected chi connectivity index (χ0v) is 19.1. The Morgan fingerprint density at radius 2 is 1.87 bits per heavy atom. The number of unbranched alkanes of at least 4 members (excludes halogenated alkanes) is 2. The van der Waals surface area contributed by atoms with Crippen molar-refractivity contribution in [3.8, 4) is 5.69 Å². The Morgan fingerprint density at radius 1 is 1.00 bits per heavy atom. The molecule has 5 nitrogen and oxygen atoms in total. The topological polar surface area (TPSA) is 51.7 Å². The maximum absolute atomic E-state index is 6.22. The Kier molecular flexibility index (Phi) is 5.30. The second-order valence-electron chi connectivity index (χ2n) is 7.71. The van der Waals surface area contributed by atoms with Gasteiger partial charge in [-0.3, -0.25) is 0 Å². The molecule has 30 heavy (non-hydrogen) atoms. The van der Waals surface area contributed by atoms with E-state index in [0.717, 1.165) is 52.7 Å². The van der Waals surface area contributed by atoms with E-state index in [0.29, 0.717) is 0 Å². The number of furan rings is 1. The summed E-state index contributed by atoms with van der Waals surface area (Å²) in [7, 11) is 0. The van der Waals surface area contributed by atoms with Gasteiger partial charge in [0.1, 0.15) is 0 Å². The van der Waals surface area contributed by atoms with Crippen molar-refractivity contribution in [3.63, 3.8) is 0 Å². The quantitative estimate of drug-likeness (QED) is 0.252. The molecule has 0 unspecified atom stereocenters. The molecule has 1 N–H and O–H groups in total. The molecule has 0 aliphatic carbocycles. The van der Waals surface area contributed by atoms with Crippen molar-refractivity contribution in [3.05, 3.63) is 76.1 Å². The molecular weight excluding hydrogens is 555 g/mol. The van der Waals surface area contributed by atoms with Crippen molar-refractivity contribution < 1.29 is 23.8 Å². The molecule has 0 aliphatic rings. The van der Waals surface area contributed by atoms with Gasteiger partial charge in [0.05, 0.1) is 0 Å². The number of para-hydroxylation sites is 2. The normalized spacial score (nSPS) is 11.7. The monoisotopic (exact) mass is 579 g/mol. The molecule has 0 saturated carbocycles. The second-order valence-corrected chi connectivity index (χ2v) is 8.72. The van der Waals surface area contributed by atoms with Gasteiger partial charge >= 0.3 is 186 Å². The molecule has 5 aromatic rings. The zero-order chi connectivity index (χ0) is 20.5. The van der Waals surface area contributed by atoms with Crippen molar-refractivity contribution in [2.45, 2.75) is 39.2 Å². The van der Waals surface area contributed by atoms with Crippen LogP contribution in [0.1, 0.15) is 30.7 Å². The van der Waals surface area contributed by atoms with Gasteiger partial charge in [0, 0.05) is 0 Å². The Hall–Kier alpha value is -2.65. The van der Waals surface area contributed by atoms with E-state index < -0.39 is 0 Å². The fraction of sp³-hybridized carbons (Fsp3) is 0.250. The van der Waals surface area contributed by atoms with Crippen LogP contribution in [0.5, 0.6) is 0 Å². The predicted molar refractivity (Wildman–Crippen MR) is 115 cm³/mol. The molecular formula is C24H24N4OPt. The Bertz CT molecular complexity index is 1370. The molecule has 0 spiro atoms. The number of hydrogen-bond donors (Lipinski definition) is 1. The van der Waals surface area contributed by atoms with Crippen LogP contribution in [-0.4, -0.2) is 19.3 Å². The number of aryl methyl sites for hydroxylation is 3. The Labute approximate surface area is 185 Å². The Morgan fingerprint density at radius 3 is 2.73 bits per heavy atom. The van der Waals surface area contributed by atoms with Crippen LogP contribution in [0.3, 0.4) is 0 Å². The third-order valence-corrected chi connectivity index (χ3v) is 6.73. The van der Waals surface area contributed by atoms with Gasteiger partial charge in [-0.05, 0) is 0 Å². The SMILES string of the molecule is Cc1cc(CCCCCn2ccn(-c3cccc4c3oc3ccccc34)[c]2=[Pt])n[nH]1. The van der Waals surface area contributed by atoms with E-state index in [2.05, 4.69) is 87.5 Å². The average molecular weight is 580 g/mol. The van der Waals surface area contributed by atoms with E-state index in [9.17, 15) is 0 Å². The minimum atomic E-state index is 0.933. The predicted octanol–water partition coefficient (Wildman–Crippen LogP) is 5.70. The van der Waals surface area contributed by atoms with E-state index in [1.54, 1.807) is 0 Å². The fourth-order valence-electron chi connectivity index (χ4n) is 4.02. The number of aromatic nitrogens is 4. The molecule has 2 aromatic carbocycles. The van der Waals surface area contributed by atoms with Crippen LogP contribution in [0.4, 0.5) is 0 Å². The molecule has 0 radical (unpaired) electrons. The van der Waals surface area contributed by atoms with Gasteiger partial charge in [-0.1, -0.05) is 0 Å². The first-order valence-corrected chi connectivity index (χ1v) is 11.5. The van der Waals surface area contributed by atoms with Crippen molar-refractivity contribution in [2.24, 2.45) is 0 Å². The summed E-state index contributed by atoms with van der Waals surface area (Å²) in [5, 5.41) is 9.66. The number of rotatable bonds is 7. The summed E-state index contributed by atoms with van der Waals surface area (Å²) in [4.78, 5) is 0. The van der Waals surface area contributed by atoms with Gasteiger partial charge in [-0.15, -0.1) is 0 Å². The van der Waals surface area contributed by atoms with Crippen LogP contribution in [0.2, 0.25) is 0 Å². The average Bonchev–Trinajstić information content (AvgIpc) is 3.45. The van der Waals surface area contributed by atoms with Crippen LogP contribution in [0, 0.1) is 10.7 Å². The second kappa shape index (κ2) is 8.23. The molecule has 0 atom stereocenters. The summed E-state index contributed by atoms with van der Waals surface area (Å²) in [6, 6.07) is 16.7. The van der Waals surface area contributed by atoms with E-state index in [-0.39, 0.29) is 0 Å². The van der Waals surface area contributed by atoms with E-state index in [4.69, 9.17) is 4.42 Å². The Balaban J connectivity index is 1.32. The summed E-state index contributed by atoms with van der Waals surface area (Å²) in [6.45, 7) is 3.06. The summed E-state index contributed by atoms with van der Waals surface area (Å²) in [5.41, 5.74) is 5.26. The van der Waals surface area contributed by atoms with E-state index >= 15 is 0 Å². The maximum atomic E-state index is 6.22.